The van der Waals surface area contributed by atoms with Gasteiger partial charge in [0.2, 0.25) is 0 Å². The highest BCUT2D eigenvalue weighted by molar-refractivity contribution is 5.95. The zero-order valence-corrected chi connectivity index (χ0v) is 10.7. The number of halogens is 2. The maximum Gasteiger partial charge on any atom is 0.310 e. The number of carbonyl (C=O) groups is 1. The SMILES string of the molecule is O=C(c1ccc([N+](=O)[O-])c(O)c1)N1CC(OCC(F)F)C1. The molecule has 1 aromatic rings. The van der Waals surface area contributed by atoms with E-state index in [4.69, 9.17) is 4.74 Å². The minimum atomic E-state index is -2.55. The zero-order chi connectivity index (χ0) is 15.6. The Kier molecular flexibility index (Phi) is 4.32. The number of benzene rings is 1. The van der Waals surface area contributed by atoms with Crippen LogP contribution in [0.5, 0.6) is 5.75 Å². The molecule has 2 rings (SSSR count). The fourth-order valence-corrected chi connectivity index (χ4v) is 1.91. The van der Waals surface area contributed by atoms with E-state index < -0.39 is 41.4 Å². The Labute approximate surface area is 117 Å². The van der Waals surface area contributed by atoms with Crippen molar-refractivity contribution in [3.8, 4) is 5.75 Å². The summed E-state index contributed by atoms with van der Waals surface area (Å²) in [5.41, 5.74) is -0.404. The van der Waals surface area contributed by atoms with Gasteiger partial charge in [0.25, 0.3) is 12.3 Å². The van der Waals surface area contributed by atoms with Crippen LogP contribution in [0.4, 0.5) is 14.5 Å². The molecule has 7 nitrogen and oxygen atoms in total. The molecule has 0 atom stereocenters. The second kappa shape index (κ2) is 6.00. The first-order chi connectivity index (χ1) is 9.88. The van der Waals surface area contributed by atoms with Crippen LogP contribution in [-0.4, -0.2) is 53.1 Å². The summed E-state index contributed by atoms with van der Waals surface area (Å²) in [5.74, 6) is -1.05. The van der Waals surface area contributed by atoms with Gasteiger partial charge in [0, 0.05) is 24.7 Å². The van der Waals surface area contributed by atoms with Crippen LogP contribution >= 0.6 is 0 Å². The standard InChI is InChI=1S/C12H12F2N2O5/c13-11(14)6-21-8-4-15(5-8)12(18)7-1-2-9(16(19)20)10(17)3-7/h1-3,8,11,17H,4-6H2. The number of hydrogen-bond acceptors (Lipinski definition) is 5. The number of nitro groups is 1. The van der Waals surface area contributed by atoms with E-state index in [0.717, 1.165) is 12.1 Å². The normalized spacial score (nSPS) is 15.1. The van der Waals surface area contributed by atoms with Crippen molar-refractivity contribution in [3.63, 3.8) is 0 Å². The van der Waals surface area contributed by atoms with Gasteiger partial charge in [-0.2, -0.15) is 0 Å². The number of carbonyl (C=O) groups excluding carboxylic acids is 1. The van der Waals surface area contributed by atoms with Gasteiger partial charge in [-0.1, -0.05) is 0 Å². The smallest absolute Gasteiger partial charge is 0.310 e. The summed E-state index contributed by atoms with van der Waals surface area (Å²) >= 11 is 0. The third-order valence-corrected chi connectivity index (χ3v) is 3.01. The van der Waals surface area contributed by atoms with Gasteiger partial charge in [0.05, 0.1) is 11.0 Å². The van der Waals surface area contributed by atoms with E-state index >= 15 is 0 Å². The van der Waals surface area contributed by atoms with Crippen molar-refractivity contribution in [2.24, 2.45) is 0 Å². The highest BCUT2D eigenvalue weighted by Crippen LogP contribution is 2.27. The van der Waals surface area contributed by atoms with E-state index in [2.05, 4.69) is 0 Å². The van der Waals surface area contributed by atoms with Gasteiger partial charge in [-0.05, 0) is 12.1 Å². The molecule has 114 valence electrons. The first kappa shape index (κ1) is 15.1. The van der Waals surface area contributed by atoms with Crippen molar-refractivity contribution >= 4 is 11.6 Å². The second-order valence-corrected chi connectivity index (χ2v) is 4.52. The summed E-state index contributed by atoms with van der Waals surface area (Å²) in [5, 5.41) is 20.0. The first-order valence-corrected chi connectivity index (χ1v) is 6.05. The highest BCUT2D eigenvalue weighted by Gasteiger charge is 2.33. The van der Waals surface area contributed by atoms with Crippen molar-refractivity contribution in [2.45, 2.75) is 12.5 Å². The molecule has 1 N–H and O–H groups in total. The van der Waals surface area contributed by atoms with Gasteiger partial charge in [0.1, 0.15) is 6.61 Å². The zero-order valence-electron chi connectivity index (χ0n) is 10.7. The third-order valence-electron chi connectivity index (χ3n) is 3.01. The molecule has 0 bridgehead atoms. The molecule has 0 saturated carbocycles. The molecule has 1 amide bonds. The lowest BCUT2D eigenvalue weighted by Crippen LogP contribution is -2.55. The van der Waals surface area contributed by atoms with Crippen LogP contribution in [-0.2, 0) is 4.74 Å². The quantitative estimate of drug-likeness (QED) is 0.655. The summed E-state index contributed by atoms with van der Waals surface area (Å²) < 4.78 is 28.7. The number of alkyl halides is 2. The number of phenols is 1. The second-order valence-electron chi connectivity index (χ2n) is 4.52. The molecule has 9 heteroatoms. The predicted molar refractivity (Wildman–Crippen MR) is 66.4 cm³/mol. The number of phenolic OH excluding ortho intramolecular Hbond substituents is 1. The summed E-state index contributed by atoms with van der Waals surface area (Å²) in [6, 6.07) is 3.27. The molecule has 0 spiro atoms. The molecule has 21 heavy (non-hydrogen) atoms. The van der Waals surface area contributed by atoms with Crippen LogP contribution in [0.1, 0.15) is 10.4 Å². The molecule has 0 aromatic heterocycles. The van der Waals surface area contributed by atoms with Crippen molar-refractivity contribution in [1.29, 1.82) is 0 Å². The van der Waals surface area contributed by atoms with Crippen molar-refractivity contribution in [2.75, 3.05) is 19.7 Å². The lowest BCUT2D eigenvalue weighted by molar-refractivity contribution is -0.385. The van der Waals surface area contributed by atoms with E-state index in [1.54, 1.807) is 0 Å². The summed E-state index contributed by atoms with van der Waals surface area (Å²) in [6.07, 6.45) is -2.99. The Balaban J connectivity index is 1.93. The van der Waals surface area contributed by atoms with Crippen LogP contribution in [0.2, 0.25) is 0 Å². The monoisotopic (exact) mass is 302 g/mol. The number of rotatable bonds is 5. The third kappa shape index (κ3) is 3.43. The maximum absolute atomic E-state index is 12.0. The number of nitrogens with zero attached hydrogens (tertiary/aromatic N) is 2. The largest absolute Gasteiger partial charge is 0.502 e. The number of likely N-dealkylation sites (tertiary alicyclic amines) is 1. The highest BCUT2D eigenvalue weighted by atomic mass is 19.3. The van der Waals surface area contributed by atoms with Gasteiger partial charge >= 0.3 is 5.69 Å². The van der Waals surface area contributed by atoms with Gasteiger partial charge in [-0.3, -0.25) is 14.9 Å². The summed E-state index contributed by atoms with van der Waals surface area (Å²) in [4.78, 5) is 23.1. The lowest BCUT2D eigenvalue weighted by atomic mass is 10.1. The molecular formula is C12H12F2N2O5. The Bertz CT molecular complexity index is 561. The van der Waals surface area contributed by atoms with E-state index in [1.165, 1.54) is 11.0 Å². The van der Waals surface area contributed by atoms with Gasteiger partial charge in [0.15, 0.2) is 5.75 Å². The molecule has 0 radical (unpaired) electrons. The fourth-order valence-electron chi connectivity index (χ4n) is 1.91. The van der Waals surface area contributed by atoms with Gasteiger partial charge in [-0.25, -0.2) is 8.78 Å². The van der Waals surface area contributed by atoms with E-state index in [1.807, 2.05) is 0 Å². The van der Waals surface area contributed by atoms with Crippen LogP contribution in [0.3, 0.4) is 0 Å². The lowest BCUT2D eigenvalue weighted by Gasteiger charge is -2.38. The van der Waals surface area contributed by atoms with Crippen LogP contribution in [0.25, 0.3) is 0 Å². The number of ether oxygens (including phenoxy) is 1. The molecule has 1 saturated heterocycles. The molecular weight excluding hydrogens is 290 g/mol. The average Bonchev–Trinajstić information content (AvgIpc) is 2.35. The van der Waals surface area contributed by atoms with Crippen molar-refractivity contribution < 1.29 is 28.3 Å². The van der Waals surface area contributed by atoms with Gasteiger partial charge in [-0.15, -0.1) is 0 Å². The predicted octanol–water partition coefficient (Wildman–Crippen LogP) is 1.41. The van der Waals surface area contributed by atoms with Crippen LogP contribution < -0.4 is 0 Å². The van der Waals surface area contributed by atoms with E-state index in [-0.39, 0.29) is 18.7 Å². The molecule has 1 aromatic carbocycles. The van der Waals surface area contributed by atoms with Crippen molar-refractivity contribution in [3.05, 3.63) is 33.9 Å². The molecule has 1 fully saturated rings. The Morgan fingerprint density at radius 3 is 2.71 bits per heavy atom. The molecule has 0 aliphatic carbocycles. The molecule has 1 aliphatic heterocycles. The number of nitro benzene ring substituents is 1. The van der Waals surface area contributed by atoms with E-state index in [0.29, 0.717) is 0 Å². The molecule has 1 heterocycles. The maximum atomic E-state index is 12.0. The minimum Gasteiger partial charge on any atom is -0.502 e. The molecule has 0 unspecified atom stereocenters. The topological polar surface area (TPSA) is 92.9 Å². The Morgan fingerprint density at radius 1 is 1.52 bits per heavy atom. The van der Waals surface area contributed by atoms with Gasteiger partial charge < -0.3 is 14.7 Å². The van der Waals surface area contributed by atoms with E-state index in [9.17, 15) is 28.8 Å². The minimum absolute atomic E-state index is 0.0883. The molecule has 1 aliphatic rings. The van der Waals surface area contributed by atoms with Crippen LogP contribution in [0.15, 0.2) is 18.2 Å². The number of amides is 1. The Hall–Kier alpha value is -2.29. The first-order valence-electron chi connectivity index (χ1n) is 6.05. The van der Waals surface area contributed by atoms with Crippen molar-refractivity contribution in [1.82, 2.24) is 4.90 Å². The number of aromatic hydroxyl groups is 1. The van der Waals surface area contributed by atoms with Crippen LogP contribution in [0, 0.1) is 10.1 Å². The average molecular weight is 302 g/mol. The number of hydrogen-bond donors (Lipinski definition) is 1. The summed E-state index contributed by atoms with van der Waals surface area (Å²) in [7, 11) is 0. The Morgan fingerprint density at radius 2 is 2.19 bits per heavy atom. The fraction of sp³-hybridized carbons (Fsp3) is 0.417. The summed E-state index contributed by atoms with van der Waals surface area (Å²) in [6.45, 7) is -0.336.